The first-order chi connectivity index (χ1) is 12.5. The van der Waals surface area contributed by atoms with Gasteiger partial charge in [0.1, 0.15) is 12.1 Å². The normalized spacial score (nSPS) is 11.7. The van der Waals surface area contributed by atoms with Crippen LogP contribution in [0.1, 0.15) is 0 Å². The van der Waals surface area contributed by atoms with Crippen LogP contribution in [0.5, 0.6) is 0 Å². The van der Waals surface area contributed by atoms with E-state index in [1.165, 1.54) is 23.0 Å². The van der Waals surface area contributed by atoms with E-state index in [1.807, 2.05) is 19.0 Å². The first-order valence-corrected chi connectivity index (χ1v) is 8.18. The van der Waals surface area contributed by atoms with E-state index < -0.39 is 0 Å². The quantitative estimate of drug-likeness (QED) is 0.560. The lowest BCUT2D eigenvalue weighted by Gasteiger charge is -2.13. The Morgan fingerprint density at radius 2 is 1.92 bits per heavy atom. The Labute approximate surface area is 148 Å². The fourth-order valence-electron chi connectivity index (χ4n) is 2.92. The highest BCUT2D eigenvalue weighted by Crippen LogP contribution is 2.26. The molecule has 0 radical (unpaired) electrons. The molecule has 0 unspecified atom stereocenters. The van der Waals surface area contributed by atoms with Gasteiger partial charge in [-0.2, -0.15) is 14.6 Å². The molecule has 0 aliphatic carbocycles. The Kier molecular flexibility index (Phi) is 3.96. The summed E-state index contributed by atoms with van der Waals surface area (Å²) < 4.78 is 16.5. The van der Waals surface area contributed by atoms with Crippen LogP contribution in [0.4, 0.5) is 4.39 Å². The van der Waals surface area contributed by atoms with Crippen LogP contribution in [0.3, 0.4) is 0 Å². The Hall–Kier alpha value is -3.13. The zero-order valence-electron chi connectivity index (χ0n) is 14.4. The van der Waals surface area contributed by atoms with Gasteiger partial charge in [-0.3, -0.25) is 4.79 Å². The van der Waals surface area contributed by atoms with Crippen LogP contribution in [0.25, 0.3) is 27.9 Å². The van der Waals surface area contributed by atoms with Crippen molar-refractivity contribution in [2.45, 2.75) is 6.54 Å². The van der Waals surface area contributed by atoms with Gasteiger partial charge in [-0.25, -0.2) is 9.37 Å². The van der Waals surface area contributed by atoms with Crippen molar-refractivity contribution in [3.8, 4) is 11.3 Å². The molecule has 4 aromatic rings. The fourth-order valence-corrected chi connectivity index (χ4v) is 2.92. The number of aromatic nitrogens is 5. The van der Waals surface area contributed by atoms with Gasteiger partial charge in [0.25, 0.3) is 11.3 Å². The molecule has 26 heavy (non-hydrogen) atoms. The second kappa shape index (κ2) is 6.30. The third-order valence-electron chi connectivity index (χ3n) is 4.25. The number of benzene rings is 1. The van der Waals surface area contributed by atoms with Gasteiger partial charge in [-0.15, -0.1) is 0 Å². The summed E-state index contributed by atoms with van der Waals surface area (Å²) in [6.07, 6.45) is 3.13. The van der Waals surface area contributed by atoms with E-state index in [0.717, 1.165) is 6.54 Å². The summed E-state index contributed by atoms with van der Waals surface area (Å²) in [5.74, 6) is 0.0487. The second-order valence-electron chi connectivity index (χ2n) is 6.32. The Balaban J connectivity index is 2.04. The van der Waals surface area contributed by atoms with Crippen molar-refractivity contribution in [1.82, 2.24) is 29.0 Å². The highest BCUT2D eigenvalue weighted by atomic mass is 19.1. The molecule has 0 bridgehead atoms. The molecule has 0 amide bonds. The maximum Gasteiger partial charge on any atom is 0.262 e. The summed E-state index contributed by atoms with van der Waals surface area (Å²) in [5, 5.41) is 4.65. The van der Waals surface area contributed by atoms with Crippen LogP contribution in [0.15, 0.2) is 47.7 Å². The highest BCUT2D eigenvalue weighted by Gasteiger charge is 2.17. The Morgan fingerprint density at radius 1 is 1.15 bits per heavy atom. The van der Waals surface area contributed by atoms with Crippen molar-refractivity contribution < 1.29 is 4.39 Å². The van der Waals surface area contributed by atoms with Crippen LogP contribution in [-0.2, 0) is 6.54 Å². The summed E-state index contributed by atoms with van der Waals surface area (Å²) >= 11 is 0. The van der Waals surface area contributed by atoms with Gasteiger partial charge in [0, 0.05) is 24.8 Å². The molecule has 0 saturated heterocycles. The first kappa shape index (κ1) is 16.3. The minimum atomic E-state index is -0.342. The topological polar surface area (TPSA) is 68.3 Å². The van der Waals surface area contributed by atoms with Crippen LogP contribution < -0.4 is 5.56 Å². The molecule has 7 nitrogen and oxygen atoms in total. The number of halogens is 1. The van der Waals surface area contributed by atoms with E-state index in [9.17, 15) is 9.18 Å². The number of likely N-dealkylation sites (N-methyl/N-ethyl adjacent to an activating group) is 1. The zero-order chi connectivity index (χ0) is 18.3. The molecular formula is C18H17FN6O. The number of hydrogen-bond donors (Lipinski definition) is 0. The SMILES string of the molecule is CN(C)CCn1ccc2nc3ncnn3c(-c3ccc(F)cc3)c2c1=O. The van der Waals surface area contributed by atoms with Crippen LogP contribution >= 0.6 is 0 Å². The summed E-state index contributed by atoms with van der Waals surface area (Å²) in [4.78, 5) is 23.7. The smallest absolute Gasteiger partial charge is 0.262 e. The van der Waals surface area contributed by atoms with Gasteiger partial charge in [0.2, 0.25) is 0 Å². The molecular weight excluding hydrogens is 335 g/mol. The number of fused-ring (bicyclic) bond motifs is 2. The monoisotopic (exact) mass is 352 g/mol. The molecule has 0 spiro atoms. The van der Waals surface area contributed by atoms with Gasteiger partial charge in [0.05, 0.1) is 16.6 Å². The van der Waals surface area contributed by atoms with Crippen molar-refractivity contribution in [3.63, 3.8) is 0 Å². The van der Waals surface area contributed by atoms with Gasteiger partial charge in [-0.05, 0) is 44.4 Å². The predicted octanol–water partition coefficient (Wildman–Crippen LogP) is 1.81. The van der Waals surface area contributed by atoms with Gasteiger partial charge >= 0.3 is 0 Å². The Morgan fingerprint density at radius 3 is 2.65 bits per heavy atom. The lowest BCUT2D eigenvalue weighted by atomic mass is 10.1. The molecule has 0 aliphatic heterocycles. The molecule has 0 saturated carbocycles. The summed E-state index contributed by atoms with van der Waals surface area (Å²) in [7, 11) is 3.91. The minimum absolute atomic E-state index is 0.159. The van der Waals surface area contributed by atoms with Crippen molar-refractivity contribution >= 4 is 16.7 Å². The van der Waals surface area contributed by atoms with Crippen molar-refractivity contribution in [3.05, 3.63) is 59.0 Å². The highest BCUT2D eigenvalue weighted by molar-refractivity contribution is 5.93. The van der Waals surface area contributed by atoms with E-state index in [4.69, 9.17) is 0 Å². The molecule has 3 heterocycles. The van der Waals surface area contributed by atoms with E-state index >= 15 is 0 Å². The number of rotatable bonds is 4. The van der Waals surface area contributed by atoms with Crippen molar-refractivity contribution in [2.24, 2.45) is 0 Å². The summed E-state index contributed by atoms with van der Waals surface area (Å²) in [6, 6.07) is 7.77. The van der Waals surface area contributed by atoms with E-state index in [0.29, 0.717) is 34.5 Å². The fraction of sp³-hybridized carbons (Fsp3) is 0.222. The molecule has 1 aromatic carbocycles. The molecule has 4 rings (SSSR count). The van der Waals surface area contributed by atoms with E-state index in [2.05, 4.69) is 15.1 Å². The van der Waals surface area contributed by atoms with E-state index in [1.54, 1.807) is 29.0 Å². The van der Waals surface area contributed by atoms with Crippen LogP contribution in [-0.4, -0.2) is 49.7 Å². The van der Waals surface area contributed by atoms with Gasteiger partial charge in [0.15, 0.2) is 0 Å². The second-order valence-corrected chi connectivity index (χ2v) is 6.32. The molecule has 0 atom stereocenters. The standard InChI is InChI=1S/C18H17FN6O/c1-23(2)9-10-24-8-7-14-15(17(24)26)16(12-3-5-13(19)6-4-12)25-18(22-14)20-11-21-25/h3-8,11H,9-10H2,1-2H3. The van der Waals surface area contributed by atoms with E-state index in [-0.39, 0.29) is 11.4 Å². The van der Waals surface area contributed by atoms with Gasteiger partial charge < -0.3 is 9.47 Å². The van der Waals surface area contributed by atoms with Crippen LogP contribution in [0.2, 0.25) is 0 Å². The van der Waals surface area contributed by atoms with Gasteiger partial charge in [-0.1, -0.05) is 0 Å². The largest absolute Gasteiger partial charge is 0.314 e. The Bertz CT molecular complexity index is 1150. The van der Waals surface area contributed by atoms with Crippen molar-refractivity contribution in [1.29, 1.82) is 0 Å². The third-order valence-corrected chi connectivity index (χ3v) is 4.25. The minimum Gasteiger partial charge on any atom is -0.314 e. The maximum atomic E-state index is 13.4. The van der Waals surface area contributed by atoms with Crippen LogP contribution in [0, 0.1) is 5.82 Å². The number of pyridine rings is 1. The average molecular weight is 352 g/mol. The molecule has 0 N–H and O–H groups in total. The maximum absolute atomic E-state index is 13.4. The third kappa shape index (κ3) is 2.74. The zero-order valence-corrected chi connectivity index (χ0v) is 14.4. The molecule has 132 valence electrons. The first-order valence-electron chi connectivity index (χ1n) is 8.18. The lowest BCUT2D eigenvalue weighted by Crippen LogP contribution is -2.27. The van der Waals surface area contributed by atoms with Crippen molar-refractivity contribution in [2.75, 3.05) is 20.6 Å². The lowest BCUT2D eigenvalue weighted by molar-refractivity contribution is 0.381. The number of nitrogens with zero attached hydrogens (tertiary/aromatic N) is 6. The molecule has 3 aromatic heterocycles. The summed E-state index contributed by atoms with van der Waals surface area (Å²) in [6.45, 7) is 1.29. The predicted molar refractivity (Wildman–Crippen MR) is 96.5 cm³/mol. The molecule has 8 heteroatoms. The molecule has 0 aliphatic rings. The summed E-state index contributed by atoms with van der Waals surface area (Å²) in [5.41, 5.74) is 1.62. The average Bonchev–Trinajstić information content (AvgIpc) is 3.08. The number of hydrogen-bond acceptors (Lipinski definition) is 5. The molecule has 0 fully saturated rings.